The Labute approximate surface area is 198 Å². The van der Waals surface area contributed by atoms with Crippen molar-refractivity contribution >= 4 is 38.8 Å². The number of likely N-dealkylation sites (tertiary alicyclic amines) is 2. The van der Waals surface area contributed by atoms with E-state index in [0.29, 0.717) is 29.8 Å². The van der Waals surface area contributed by atoms with Crippen LogP contribution in [0.25, 0.3) is 10.9 Å². The first kappa shape index (κ1) is 21.8. The number of hydrogen-bond acceptors (Lipinski definition) is 4. The zero-order valence-electron chi connectivity index (χ0n) is 18.6. The van der Waals surface area contributed by atoms with Crippen molar-refractivity contribution in [2.45, 2.75) is 32.2 Å². The van der Waals surface area contributed by atoms with Crippen LogP contribution < -0.4 is 0 Å². The normalized spacial score (nSPS) is 18.1. The molecule has 0 aliphatic carbocycles. The lowest BCUT2D eigenvalue weighted by molar-refractivity contribution is -0.150. The molecule has 7 heteroatoms. The largest absolute Gasteiger partial charge is 0.361 e. The van der Waals surface area contributed by atoms with Crippen LogP contribution in [0.4, 0.5) is 0 Å². The Morgan fingerprint density at radius 1 is 0.970 bits per heavy atom. The molecule has 0 radical (unpaired) electrons. The third kappa shape index (κ3) is 4.29. The number of hydrogen-bond donors (Lipinski definition) is 3. The number of amidine groups is 1. The first-order chi connectivity index (χ1) is 16.1. The van der Waals surface area contributed by atoms with Crippen LogP contribution in [-0.2, 0) is 11.3 Å². The highest BCUT2D eigenvalue weighted by atomic mass is 32.2. The molecular weight excluding hydrogens is 430 g/mol. The summed E-state index contributed by atoms with van der Waals surface area (Å²) in [6.45, 7) is 2.85. The molecule has 1 aromatic heterocycles. The highest BCUT2D eigenvalue weighted by Gasteiger charge is 2.46. The second-order valence-electron chi connectivity index (χ2n) is 9.06. The minimum absolute atomic E-state index is 0.273. The second-order valence-corrected chi connectivity index (χ2v) is 10.1. The number of amides is 1. The molecule has 0 saturated carbocycles. The quantitative estimate of drug-likeness (QED) is 0.378. The Balaban J connectivity index is 1.22. The van der Waals surface area contributed by atoms with Crippen molar-refractivity contribution in [2.24, 2.45) is 5.41 Å². The molecule has 0 atom stereocenters. The number of nitrogens with one attached hydrogen (secondary N) is 3. The Morgan fingerprint density at radius 3 is 2.48 bits per heavy atom. The van der Waals surface area contributed by atoms with Gasteiger partial charge in [0.15, 0.2) is 5.17 Å². The van der Waals surface area contributed by atoms with Crippen LogP contribution in [0.15, 0.2) is 60.8 Å². The lowest BCUT2D eigenvalue weighted by Gasteiger charge is -2.46. The maximum absolute atomic E-state index is 13.6. The van der Waals surface area contributed by atoms with Crippen molar-refractivity contribution in [3.8, 4) is 0 Å². The molecule has 170 valence electrons. The number of H-pyrrole nitrogens is 1. The number of carbonyl (C=O) groups is 1. The zero-order valence-corrected chi connectivity index (χ0v) is 19.5. The third-order valence-corrected chi connectivity index (χ3v) is 7.99. The van der Waals surface area contributed by atoms with Gasteiger partial charge in [-0.25, -0.2) is 0 Å². The summed E-state index contributed by atoms with van der Waals surface area (Å²) >= 11 is 1.19. The number of aromatic nitrogens is 1. The van der Waals surface area contributed by atoms with Crippen molar-refractivity contribution < 1.29 is 4.79 Å². The Bertz CT molecular complexity index is 1180. The molecule has 5 rings (SSSR count). The summed E-state index contributed by atoms with van der Waals surface area (Å²) in [7, 11) is 0. The van der Waals surface area contributed by atoms with Gasteiger partial charge in [0.2, 0.25) is 5.91 Å². The van der Waals surface area contributed by atoms with Gasteiger partial charge in [-0.3, -0.25) is 15.6 Å². The van der Waals surface area contributed by atoms with Crippen molar-refractivity contribution in [2.75, 3.05) is 19.6 Å². The monoisotopic (exact) mass is 459 g/mol. The smallest absolute Gasteiger partial charge is 0.229 e. The third-order valence-electron chi connectivity index (χ3n) is 7.10. The van der Waals surface area contributed by atoms with Crippen molar-refractivity contribution in [3.05, 3.63) is 71.9 Å². The van der Waals surface area contributed by atoms with E-state index in [1.165, 1.54) is 22.7 Å². The number of fused-ring (bicyclic) bond motifs is 1. The SMILES string of the molecule is N=C(SC(=N)N1CCC2(CCCN(Cc3c[nH]c4ccccc34)C2=O)CC1)c1ccccc1. The summed E-state index contributed by atoms with van der Waals surface area (Å²) in [6.07, 6.45) is 5.54. The van der Waals surface area contributed by atoms with Gasteiger partial charge in [-0.2, -0.15) is 0 Å². The molecule has 3 N–H and O–H groups in total. The first-order valence-electron chi connectivity index (χ1n) is 11.6. The number of carbonyl (C=O) groups excluding carboxylic acids is 1. The van der Waals surface area contributed by atoms with Gasteiger partial charge in [-0.05, 0) is 49.1 Å². The topological polar surface area (TPSA) is 87.0 Å². The van der Waals surface area contributed by atoms with Crippen LogP contribution in [0.3, 0.4) is 0 Å². The minimum Gasteiger partial charge on any atom is -0.361 e. The van der Waals surface area contributed by atoms with Crippen molar-refractivity contribution in [1.82, 2.24) is 14.8 Å². The first-order valence-corrected chi connectivity index (χ1v) is 12.4. The lowest BCUT2D eigenvalue weighted by atomic mass is 9.71. The predicted octanol–water partition coefficient (Wildman–Crippen LogP) is 5.07. The van der Waals surface area contributed by atoms with Crippen LogP contribution in [0.2, 0.25) is 0 Å². The molecule has 2 aromatic carbocycles. The summed E-state index contributed by atoms with van der Waals surface area (Å²) < 4.78 is 0. The van der Waals surface area contributed by atoms with Gasteiger partial charge in [-0.15, -0.1) is 0 Å². The van der Waals surface area contributed by atoms with Crippen LogP contribution in [0.1, 0.15) is 36.8 Å². The van der Waals surface area contributed by atoms with Crippen molar-refractivity contribution in [1.29, 1.82) is 10.8 Å². The highest BCUT2D eigenvalue weighted by Crippen LogP contribution is 2.42. The molecule has 0 bridgehead atoms. The molecule has 33 heavy (non-hydrogen) atoms. The van der Waals surface area contributed by atoms with Crippen molar-refractivity contribution in [3.63, 3.8) is 0 Å². The molecule has 3 heterocycles. The average Bonchev–Trinajstić information content (AvgIpc) is 3.26. The molecule has 2 aliphatic heterocycles. The van der Waals surface area contributed by atoms with E-state index in [2.05, 4.69) is 17.1 Å². The molecule has 3 aromatic rings. The molecular formula is C26H29N5OS. The fourth-order valence-corrected chi connectivity index (χ4v) is 5.94. The number of piperidine rings is 2. The molecule has 2 saturated heterocycles. The second kappa shape index (κ2) is 9.06. The summed E-state index contributed by atoms with van der Waals surface area (Å²) in [4.78, 5) is 21.0. The highest BCUT2D eigenvalue weighted by molar-refractivity contribution is 8.26. The predicted molar refractivity (Wildman–Crippen MR) is 135 cm³/mol. The van der Waals surface area contributed by atoms with Gasteiger partial charge in [0.1, 0.15) is 5.04 Å². The van der Waals surface area contributed by atoms with Gasteiger partial charge in [0.05, 0.1) is 5.41 Å². The van der Waals surface area contributed by atoms with E-state index in [1.807, 2.05) is 58.5 Å². The number of benzene rings is 2. The molecule has 0 unspecified atom stereocenters. The average molecular weight is 460 g/mol. The van der Waals surface area contributed by atoms with Crippen LogP contribution in [-0.4, -0.2) is 50.5 Å². The van der Waals surface area contributed by atoms with Gasteiger partial charge < -0.3 is 14.8 Å². The molecule has 1 amide bonds. The summed E-state index contributed by atoms with van der Waals surface area (Å²) in [6, 6.07) is 17.8. The number of aromatic amines is 1. The van der Waals surface area contributed by atoms with Gasteiger partial charge in [0, 0.05) is 48.8 Å². The molecule has 2 fully saturated rings. The van der Waals surface area contributed by atoms with E-state index in [9.17, 15) is 4.79 Å². The molecule has 2 aliphatic rings. The van der Waals surface area contributed by atoms with E-state index in [4.69, 9.17) is 10.8 Å². The number of para-hydroxylation sites is 1. The van der Waals surface area contributed by atoms with Gasteiger partial charge >= 0.3 is 0 Å². The Morgan fingerprint density at radius 2 is 1.70 bits per heavy atom. The number of rotatable bonds is 3. The summed E-state index contributed by atoms with van der Waals surface area (Å²) in [5.41, 5.74) is 2.80. The van der Waals surface area contributed by atoms with Crippen LogP contribution in [0.5, 0.6) is 0 Å². The molecule has 1 spiro atoms. The van der Waals surface area contributed by atoms with E-state index >= 15 is 0 Å². The van der Waals surface area contributed by atoms with Crippen LogP contribution >= 0.6 is 11.8 Å². The Kier molecular flexibility index (Phi) is 5.98. The van der Waals surface area contributed by atoms with Gasteiger partial charge in [0.25, 0.3) is 0 Å². The van der Waals surface area contributed by atoms with E-state index in [-0.39, 0.29) is 11.3 Å². The fourth-order valence-electron chi connectivity index (χ4n) is 5.18. The fraction of sp³-hybridized carbons (Fsp3) is 0.346. The Hall–Kier alpha value is -3.06. The van der Waals surface area contributed by atoms with Gasteiger partial charge in [-0.1, -0.05) is 48.5 Å². The minimum atomic E-state index is -0.307. The van der Waals surface area contributed by atoms with E-state index in [0.717, 1.165) is 43.3 Å². The van der Waals surface area contributed by atoms with E-state index < -0.39 is 0 Å². The standard InChI is InChI=1S/C26H29N5OS/c27-23(19-7-2-1-3-8-19)33-25(28)30-15-12-26(13-16-30)11-6-14-31(24(26)32)18-20-17-29-22-10-5-4-9-21(20)22/h1-5,7-10,17,27-29H,6,11-16,18H2. The number of thioether (sulfide) groups is 1. The number of nitrogens with zero attached hydrogens (tertiary/aromatic N) is 2. The zero-order chi connectivity index (χ0) is 22.8. The maximum Gasteiger partial charge on any atom is 0.229 e. The van der Waals surface area contributed by atoms with E-state index in [1.54, 1.807) is 0 Å². The summed E-state index contributed by atoms with van der Waals surface area (Å²) in [5.74, 6) is 0.273. The lowest BCUT2D eigenvalue weighted by Crippen LogP contribution is -2.53. The summed E-state index contributed by atoms with van der Waals surface area (Å²) in [5, 5.41) is 18.8. The van der Waals surface area contributed by atoms with Crippen LogP contribution in [0, 0.1) is 16.2 Å². The maximum atomic E-state index is 13.6. The molecule has 6 nitrogen and oxygen atoms in total.